The number of carbonyl (C=O) groups is 1. The van der Waals surface area contributed by atoms with E-state index in [0.717, 1.165) is 28.9 Å². The van der Waals surface area contributed by atoms with Gasteiger partial charge in [0, 0.05) is 23.3 Å². The normalized spacial score (nSPS) is 16.5. The number of rotatable bonds is 5. The second kappa shape index (κ2) is 8.79. The number of fused-ring (bicyclic) bond motifs is 2. The Labute approximate surface area is 200 Å². The number of halogens is 1. The fraction of sp³-hybridized carbons (Fsp3) is 0.345. The Bertz CT molecular complexity index is 1250. The smallest absolute Gasteiger partial charge is 0.341 e. The standard InChI is InChI=1S/C29H30FNO3/c1-19-14-21(6-9-25(19)30)22-7-10-26-24(16-22)29(12-4-3-5-13-29)18-31(26)23-8-11-27(20(2)15-23)34-17-28(32)33/h6-11,14-16H,3-5,12-13,17-18H2,1-2H3,(H,32,33). The van der Waals surface area contributed by atoms with Gasteiger partial charge in [-0.15, -0.1) is 0 Å². The second-order valence-corrected chi connectivity index (χ2v) is 9.76. The molecular weight excluding hydrogens is 429 g/mol. The number of hydrogen-bond donors (Lipinski definition) is 1. The van der Waals surface area contributed by atoms with Crippen LogP contribution in [0.2, 0.25) is 0 Å². The Morgan fingerprint density at radius 1 is 0.971 bits per heavy atom. The van der Waals surface area contributed by atoms with Crippen LogP contribution >= 0.6 is 0 Å². The summed E-state index contributed by atoms with van der Waals surface area (Å²) in [5.41, 5.74) is 7.57. The monoisotopic (exact) mass is 459 g/mol. The van der Waals surface area contributed by atoms with Crippen LogP contribution in [0.1, 0.15) is 48.8 Å². The minimum atomic E-state index is -0.983. The minimum absolute atomic E-state index is 0.116. The van der Waals surface area contributed by atoms with Crippen LogP contribution in [-0.4, -0.2) is 24.2 Å². The van der Waals surface area contributed by atoms with Gasteiger partial charge in [-0.1, -0.05) is 31.4 Å². The van der Waals surface area contributed by atoms with Crippen molar-refractivity contribution in [2.45, 2.75) is 51.4 Å². The van der Waals surface area contributed by atoms with Gasteiger partial charge >= 0.3 is 5.97 Å². The van der Waals surface area contributed by atoms with Crippen LogP contribution < -0.4 is 9.64 Å². The Hall–Kier alpha value is -3.34. The Morgan fingerprint density at radius 3 is 2.41 bits per heavy atom. The molecule has 5 heteroatoms. The topological polar surface area (TPSA) is 49.8 Å². The molecule has 0 aromatic heterocycles. The maximum atomic E-state index is 13.9. The fourth-order valence-electron chi connectivity index (χ4n) is 5.66. The van der Waals surface area contributed by atoms with E-state index in [0.29, 0.717) is 11.3 Å². The van der Waals surface area contributed by atoms with Crippen LogP contribution in [0, 0.1) is 19.7 Å². The molecule has 1 fully saturated rings. The number of carboxylic acids is 1. The number of nitrogens with zero attached hydrogens (tertiary/aromatic N) is 1. The highest BCUT2D eigenvalue weighted by atomic mass is 19.1. The molecule has 1 spiro atoms. The summed E-state index contributed by atoms with van der Waals surface area (Å²) in [5, 5.41) is 8.92. The summed E-state index contributed by atoms with van der Waals surface area (Å²) in [6.07, 6.45) is 6.08. The summed E-state index contributed by atoms with van der Waals surface area (Å²) in [6, 6.07) is 18.0. The van der Waals surface area contributed by atoms with Gasteiger partial charge in [0.1, 0.15) is 11.6 Å². The van der Waals surface area contributed by atoms with Gasteiger partial charge in [0.25, 0.3) is 0 Å². The molecule has 0 bridgehead atoms. The summed E-state index contributed by atoms with van der Waals surface area (Å²) in [6.45, 7) is 4.35. The van der Waals surface area contributed by atoms with Crippen LogP contribution in [-0.2, 0) is 10.2 Å². The zero-order valence-corrected chi connectivity index (χ0v) is 19.7. The van der Waals surface area contributed by atoms with E-state index in [1.807, 2.05) is 38.1 Å². The summed E-state index contributed by atoms with van der Waals surface area (Å²) < 4.78 is 19.3. The number of ether oxygens (including phenoxy) is 1. The molecule has 2 aliphatic rings. The molecular formula is C29H30FNO3. The van der Waals surface area contributed by atoms with Gasteiger partial charge in [0.05, 0.1) is 0 Å². The third-order valence-corrected chi connectivity index (χ3v) is 7.44. The number of benzene rings is 3. The van der Waals surface area contributed by atoms with Crippen LogP contribution in [0.4, 0.5) is 15.8 Å². The third-order valence-electron chi connectivity index (χ3n) is 7.44. The molecule has 176 valence electrons. The highest BCUT2D eigenvalue weighted by Gasteiger charge is 2.43. The highest BCUT2D eigenvalue weighted by Crippen LogP contribution is 2.52. The quantitative estimate of drug-likeness (QED) is 0.450. The van der Waals surface area contributed by atoms with E-state index in [2.05, 4.69) is 29.2 Å². The van der Waals surface area contributed by atoms with Crippen LogP contribution in [0.5, 0.6) is 5.75 Å². The van der Waals surface area contributed by atoms with E-state index in [1.165, 1.54) is 43.4 Å². The lowest BCUT2D eigenvalue weighted by molar-refractivity contribution is -0.139. The Kier molecular flexibility index (Phi) is 5.80. The summed E-state index contributed by atoms with van der Waals surface area (Å²) in [5.74, 6) is -0.561. The number of aryl methyl sites for hydroxylation is 2. The van der Waals surface area contributed by atoms with Crippen LogP contribution in [0.15, 0.2) is 54.6 Å². The van der Waals surface area contributed by atoms with E-state index in [9.17, 15) is 9.18 Å². The Morgan fingerprint density at radius 2 is 1.71 bits per heavy atom. The number of hydrogen-bond acceptors (Lipinski definition) is 3. The molecule has 0 saturated heterocycles. The van der Waals surface area contributed by atoms with Gasteiger partial charge in [-0.25, -0.2) is 9.18 Å². The van der Waals surface area contributed by atoms with E-state index < -0.39 is 5.97 Å². The first-order valence-electron chi connectivity index (χ1n) is 12.0. The van der Waals surface area contributed by atoms with E-state index in [-0.39, 0.29) is 17.8 Å². The van der Waals surface area contributed by atoms with Gasteiger partial charge in [-0.3, -0.25) is 0 Å². The predicted molar refractivity (Wildman–Crippen MR) is 133 cm³/mol. The number of anilines is 2. The average Bonchev–Trinajstić information content (AvgIpc) is 3.13. The lowest BCUT2D eigenvalue weighted by Gasteiger charge is -2.34. The first kappa shape index (κ1) is 22.5. The van der Waals surface area contributed by atoms with E-state index in [1.54, 1.807) is 6.07 Å². The van der Waals surface area contributed by atoms with Crippen LogP contribution in [0.3, 0.4) is 0 Å². The summed E-state index contributed by atoms with van der Waals surface area (Å²) in [4.78, 5) is 13.3. The Balaban J connectivity index is 1.54. The molecule has 0 atom stereocenters. The molecule has 0 amide bonds. The largest absolute Gasteiger partial charge is 0.482 e. The molecule has 0 radical (unpaired) electrons. The molecule has 1 N–H and O–H groups in total. The predicted octanol–water partition coefficient (Wildman–Crippen LogP) is 6.93. The van der Waals surface area contributed by atoms with Crippen molar-refractivity contribution in [2.75, 3.05) is 18.1 Å². The van der Waals surface area contributed by atoms with E-state index >= 15 is 0 Å². The molecule has 4 nitrogen and oxygen atoms in total. The lowest BCUT2D eigenvalue weighted by atomic mass is 9.70. The SMILES string of the molecule is Cc1cc(-c2ccc3c(c2)C2(CCCCC2)CN3c2ccc(OCC(=O)O)c(C)c2)ccc1F. The number of aliphatic carboxylic acids is 1. The fourth-order valence-corrected chi connectivity index (χ4v) is 5.66. The maximum Gasteiger partial charge on any atom is 0.341 e. The van der Waals surface area contributed by atoms with E-state index in [4.69, 9.17) is 9.84 Å². The maximum absolute atomic E-state index is 13.9. The first-order valence-corrected chi connectivity index (χ1v) is 12.0. The van der Waals surface area contributed by atoms with Crippen molar-refractivity contribution in [2.24, 2.45) is 0 Å². The van der Waals surface area contributed by atoms with Gasteiger partial charge < -0.3 is 14.7 Å². The van der Waals surface area contributed by atoms with Crippen LogP contribution in [0.25, 0.3) is 11.1 Å². The average molecular weight is 460 g/mol. The molecule has 1 heterocycles. The molecule has 1 aliphatic carbocycles. The molecule has 3 aromatic carbocycles. The summed E-state index contributed by atoms with van der Waals surface area (Å²) >= 11 is 0. The van der Waals surface area contributed by atoms with Crippen molar-refractivity contribution in [3.05, 3.63) is 77.1 Å². The molecule has 34 heavy (non-hydrogen) atoms. The summed E-state index contributed by atoms with van der Waals surface area (Å²) in [7, 11) is 0. The first-order chi connectivity index (χ1) is 16.4. The van der Waals surface area contributed by atoms with Crippen molar-refractivity contribution >= 4 is 17.3 Å². The van der Waals surface area contributed by atoms with Crippen molar-refractivity contribution in [3.63, 3.8) is 0 Å². The highest BCUT2D eigenvalue weighted by molar-refractivity contribution is 5.78. The lowest BCUT2D eigenvalue weighted by Crippen LogP contribution is -2.33. The van der Waals surface area contributed by atoms with Crippen molar-refractivity contribution in [1.82, 2.24) is 0 Å². The number of carboxylic acid groups (broad SMARTS) is 1. The van der Waals surface area contributed by atoms with Gasteiger partial charge in [-0.05, 0) is 97.0 Å². The second-order valence-electron chi connectivity index (χ2n) is 9.76. The molecule has 5 rings (SSSR count). The molecule has 1 saturated carbocycles. The molecule has 1 aliphatic heterocycles. The third kappa shape index (κ3) is 4.04. The van der Waals surface area contributed by atoms with Gasteiger partial charge in [0.15, 0.2) is 6.61 Å². The van der Waals surface area contributed by atoms with Crippen molar-refractivity contribution in [1.29, 1.82) is 0 Å². The zero-order valence-electron chi connectivity index (χ0n) is 19.7. The van der Waals surface area contributed by atoms with Gasteiger partial charge in [0.2, 0.25) is 0 Å². The minimum Gasteiger partial charge on any atom is -0.482 e. The molecule has 0 unspecified atom stereocenters. The molecule has 3 aromatic rings. The zero-order chi connectivity index (χ0) is 23.9. The van der Waals surface area contributed by atoms with Crippen molar-refractivity contribution < 1.29 is 19.0 Å². The van der Waals surface area contributed by atoms with Gasteiger partial charge in [-0.2, -0.15) is 0 Å². The van der Waals surface area contributed by atoms with Crippen molar-refractivity contribution in [3.8, 4) is 16.9 Å².